The van der Waals surface area contributed by atoms with E-state index < -0.39 is 0 Å². The highest BCUT2D eigenvalue weighted by Gasteiger charge is 2.11. The average Bonchev–Trinajstić information content (AvgIpc) is 2.45. The maximum absolute atomic E-state index is 11.6. The predicted molar refractivity (Wildman–Crippen MR) is 58.2 cm³/mol. The maximum atomic E-state index is 11.6. The van der Waals surface area contributed by atoms with E-state index in [1.54, 1.807) is 18.5 Å². The van der Waals surface area contributed by atoms with Gasteiger partial charge in [0.05, 0.1) is 0 Å². The summed E-state index contributed by atoms with van der Waals surface area (Å²) in [7, 11) is 1.76. The number of imidazole rings is 1. The molecule has 0 fully saturated rings. The fourth-order valence-corrected chi connectivity index (χ4v) is 1.41. The van der Waals surface area contributed by atoms with Crippen LogP contribution in [0.1, 0.15) is 12.7 Å². The molecule has 2 heterocycles. The van der Waals surface area contributed by atoms with Crippen LogP contribution in [0.25, 0.3) is 11.2 Å². The van der Waals surface area contributed by atoms with Gasteiger partial charge >= 0.3 is 0 Å². The number of anilines is 1. The van der Waals surface area contributed by atoms with Crippen molar-refractivity contribution in [2.75, 3.05) is 5.32 Å². The van der Waals surface area contributed by atoms with Gasteiger partial charge in [0.25, 0.3) is 5.56 Å². The van der Waals surface area contributed by atoms with Gasteiger partial charge in [0.1, 0.15) is 5.82 Å². The van der Waals surface area contributed by atoms with Crippen molar-refractivity contribution in [3.05, 3.63) is 16.2 Å². The van der Waals surface area contributed by atoms with E-state index in [4.69, 9.17) is 0 Å². The number of fused-ring (bicyclic) bond motifs is 1. The number of amides is 1. The van der Waals surface area contributed by atoms with Gasteiger partial charge in [-0.25, -0.2) is 4.98 Å². The van der Waals surface area contributed by atoms with Gasteiger partial charge in [-0.05, 0) is 6.92 Å². The van der Waals surface area contributed by atoms with Crippen LogP contribution in [0.15, 0.2) is 4.79 Å². The molecule has 2 N–H and O–H groups in total. The van der Waals surface area contributed by atoms with Crippen molar-refractivity contribution in [2.24, 2.45) is 7.05 Å². The molecule has 16 heavy (non-hydrogen) atoms. The third-order valence-corrected chi connectivity index (χ3v) is 2.25. The lowest BCUT2D eigenvalue weighted by Gasteiger charge is -2.01. The van der Waals surface area contributed by atoms with Crippen LogP contribution in [0.3, 0.4) is 0 Å². The van der Waals surface area contributed by atoms with Crippen LogP contribution < -0.4 is 10.9 Å². The highest BCUT2D eigenvalue weighted by Crippen LogP contribution is 2.09. The normalized spacial score (nSPS) is 10.7. The van der Waals surface area contributed by atoms with Gasteiger partial charge in [0.15, 0.2) is 11.2 Å². The van der Waals surface area contributed by atoms with Crippen LogP contribution in [0, 0.1) is 6.92 Å². The molecule has 7 heteroatoms. The number of carbonyl (C=O) groups is 1. The van der Waals surface area contributed by atoms with Crippen LogP contribution in [-0.2, 0) is 11.8 Å². The second-order valence-electron chi connectivity index (χ2n) is 3.49. The lowest BCUT2D eigenvalue weighted by molar-refractivity contribution is -0.114. The van der Waals surface area contributed by atoms with Gasteiger partial charge in [-0.15, -0.1) is 0 Å². The summed E-state index contributed by atoms with van der Waals surface area (Å²) in [6.45, 7) is 3.12. The summed E-state index contributed by atoms with van der Waals surface area (Å²) in [5.41, 5.74) is 0.358. The standard InChI is InChI=1S/C9H11N5O2/c1-4-10-6-7(14(4)3)12-9(11-5(2)15)13-8(6)16/h1-3H3,(H2,11,12,13,15,16). The van der Waals surface area contributed by atoms with E-state index in [-0.39, 0.29) is 22.9 Å². The monoisotopic (exact) mass is 221 g/mol. The van der Waals surface area contributed by atoms with Gasteiger partial charge in [0, 0.05) is 14.0 Å². The Hall–Kier alpha value is -2.18. The first kappa shape index (κ1) is 10.3. The highest BCUT2D eigenvalue weighted by molar-refractivity contribution is 5.87. The predicted octanol–water partition coefficient (Wildman–Crippen LogP) is -0.0766. The number of hydrogen-bond acceptors (Lipinski definition) is 4. The Balaban J connectivity index is 2.70. The summed E-state index contributed by atoms with van der Waals surface area (Å²) >= 11 is 0. The summed E-state index contributed by atoms with van der Waals surface area (Å²) < 4.78 is 1.69. The molecule has 0 bridgehead atoms. The zero-order valence-corrected chi connectivity index (χ0v) is 9.16. The molecular weight excluding hydrogens is 210 g/mol. The number of carbonyl (C=O) groups excluding carboxylic acids is 1. The van der Waals surface area contributed by atoms with Crippen molar-refractivity contribution in [3.63, 3.8) is 0 Å². The summed E-state index contributed by atoms with van der Waals surface area (Å²) in [5, 5.41) is 2.43. The molecule has 0 atom stereocenters. The first-order valence-electron chi connectivity index (χ1n) is 4.70. The molecule has 2 rings (SSSR count). The third-order valence-electron chi connectivity index (χ3n) is 2.25. The van der Waals surface area contributed by atoms with Crippen molar-refractivity contribution in [1.29, 1.82) is 0 Å². The topological polar surface area (TPSA) is 92.7 Å². The van der Waals surface area contributed by atoms with Crippen LogP contribution >= 0.6 is 0 Å². The van der Waals surface area contributed by atoms with Gasteiger partial charge in [-0.1, -0.05) is 0 Å². The Morgan fingerprint density at radius 3 is 2.75 bits per heavy atom. The summed E-state index contributed by atoms with van der Waals surface area (Å²) in [5.74, 6) is 0.530. The second kappa shape index (κ2) is 3.44. The lowest BCUT2D eigenvalue weighted by atomic mass is 10.5. The Labute approximate surface area is 90.5 Å². The van der Waals surface area contributed by atoms with Crippen LogP contribution in [-0.4, -0.2) is 25.4 Å². The number of aromatic nitrogens is 4. The fraction of sp³-hybridized carbons (Fsp3) is 0.333. The molecule has 0 radical (unpaired) electrons. The van der Waals surface area contributed by atoms with E-state index in [0.717, 1.165) is 0 Å². The molecule has 0 aliphatic rings. The van der Waals surface area contributed by atoms with Crippen molar-refractivity contribution in [1.82, 2.24) is 19.5 Å². The molecule has 0 saturated carbocycles. The maximum Gasteiger partial charge on any atom is 0.280 e. The largest absolute Gasteiger partial charge is 0.316 e. The Bertz CT molecular complexity index is 625. The average molecular weight is 221 g/mol. The Morgan fingerprint density at radius 2 is 2.12 bits per heavy atom. The van der Waals surface area contributed by atoms with Crippen molar-refractivity contribution >= 4 is 23.0 Å². The number of H-pyrrole nitrogens is 1. The number of hydrogen-bond donors (Lipinski definition) is 2. The number of nitrogens with zero attached hydrogens (tertiary/aromatic N) is 3. The Kier molecular flexibility index (Phi) is 2.22. The minimum atomic E-state index is -0.363. The van der Waals surface area contributed by atoms with Crippen molar-refractivity contribution in [3.8, 4) is 0 Å². The quantitative estimate of drug-likeness (QED) is 0.704. The molecule has 1 amide bonds. The smallest absolute Gasteiger partial charge is 0.280 e. The molecule has 84 valence electrons. The van der Waals surface area contributed by atoms with E-state index in [2.05, 4.69) is 20.3 Å². The SMILES string of the molecule is CC(=O)Nc1nc2c(nc(C)n2C)c(=O)[nH]1. The molecule has 7 nitrogen and oxygen atoms in total. The highest BCUT2D eigenvalue weighted by atomic mass is 16.1. The van der Waals surface area contributed by atoms with Gasteiger partial charge in [0.2, 0.25) is 11.9 Å². The summed E-state index contributed by atoms with van der Waals surface area (Å²) in [6.07, 6.45) is 0. The van der Waals surface area contributed by atoms with Gasteiger partial charge in [-0.3, -0.25) is 19.9 Å². The van der Waals surface area contributed by atoms with E-state index >= 15 is 0 Å². The molecule has 0 aromatic carbocycles. The summed E-state index contributed by atoms with van der Waals surface area (Å²) in [4.78, 5) is 33.1. The first-order chi connectivity index (χ1) is 7.49. The van der Waals surface area contributed by atoms with E-state index in [1.807, 2.05) is 0 Å². The van der Waals surface area contributed by atoms with Crippen LogP contribution in [0.2, 0.25) is 0 Å². The third kappa shape index (κ3) is 1.56. The molecule has 0 saturated heterocycles. The molecule has 0 unspecified atom stereocenters. The molecule has 0 spiro atoms. The number of rotatable bonds is 1. The summed E-state index contributed by atoms with van der Waals surface area (Å²) in [6, 6.07) is 0. The zero-order chi connectivity index (χ0) is 11.9. The lowest BCUT2D eigenvalue weighted by Crippen LogP contribution is -2.16. The minimum absolute atomic E-state index is 0.132. The Morgan fingerprint density at radius 1 is 1.44 bits per heavy atom. The zero-order valence-electron chi connectivity index (χ0n) is 9.16. The van der Waals surface area contributed by atoms with Gasteiger partial charge in [-0.2, -0.15) is 4.98 Å². The molecule has 2 aromatic rings. The number of aromatic amines is 1. The molecule has 0 aliphatic carbocycles. The molecule has 0 aliphatic heterocycles. The molecule has 2 aromatic heterocycles. The minimum Gasteiger partial charge on any atom is -0.316 e. The van der Waals surface area contributed by atoms with E-state index in [9.17, 15) is 9.59 Å². The first-order valence-corrected chi connectivity index (χ1v) is 4.70. The second-order valence-corrected chi connectivity index (χ2v) is 3.49. The number of aryl methyl sites for hydroxylation is 2. The van der Waals surface area contributed by atoms with E-state index in [1.165, 1.54) is 6.92 Å². The van der Waals surface area contributed by atoms with Crippen LogP contribution in [0.5, 0.6) is 0 Å². The fourth-order valence-electron chi connectivity index (χ4n) is 1.41. The van der Waals surface area contributed by atoms with E-state index in [0.29, 0.717) is 11.5 Å². The molecular formula is C9H11N5O2. The number of nitrogens with one attached hydrogen (secondary N) is 2. The van der Waals surface area contributed by atoms with Crippen molar-refractivity contribution in [2.45, 2.75) is 13.8 Å². The van der Waals surface area contributed by atoms with Crippen LogP contribution in [0.4, 0.5) is 5.95 Å². The van der Waals surface area contributed by atoms with Gasteiger partial charge < -0.3 is 4.57 Å². The van der Waals surface area contributed by atoms with Crippen molar-refractivity contribution < 1.29 is 4.79 Å².